The molecule has 0 unspecified atom stereocenters. The van der Waals surface area contributed by atoms with Gasteiger partial charge in [-0.2, -0.15) is 0 Å². The van der Waals surface area contributed by atoms with Crippen LogP contribution in [0.5, 0.6) is 0 Å². The summed E-state index contributed by atoms with van der Waals surface area (Å²) in [5, 5.41) is 0.163. The molecule has 1 aromatic heterocycles. The zero-order valence-corrected chi connectivity index (χ0v) is 6.20. The summed E-state index contributed by atoms with van der Waals surface area (Å²) in [6, 6.07) is 1.63. The minimum absolute atomic E-state index is 0.146. The van der Waals surface area contributed by atoms with E-state index in [-0.39, 0.29) is 10.8 Å². The van der Waals surface area contributed by atoms with Crippen LogP contribution in [0.1, 0.15) is 23.2 Å². The van der Waals surface area contributed by atoms with E-state index >= 15 is 0 Å². The molecule has 0 atom stereocenters. The Bertz CT molecular complexity index is 311. The van der Waals surface area contributed by atoms with E-state index < -0.39 is 6.43 Å². The molecule has 1 aromatic rings. The minimum atomic E-state index is -2.50. The molecule has 2 rings (SSSR count). The minimum Gasteiger partial charge on any atom is -0.235 e. The quantitative estimate of drug-likeness (QED) is 0.607. The Morgan fingerprint density at radius 3 is 2.91 bits per heavy atom. The maximum Gasteiger partial charge on any atom is 0.280 e. The Labute approximate surface area is 67.0 Å². The van der Waals surface area contributed by atoms with Crippen molar-refractivity contribution in [2.75, 3.05) is 0 Å². The van der Waals surface area contributed by atoms with Crippen molar-refractivity contribution in [3.63, 3.8) is 0 Å². The first kappa shape index (κ1) is 6.98. The van der Waals surface area contributed by atoms with Crippen molar-refractivity contribution >= 4 is 11.6 Å². The van der Waals surface area contributed by atoms with E-state index in [1.807, 2.05) is 0 Å². The molecular formula is C7H4ClF2N. The highest BCUT2D eigenvalue weighted by Crippen LogP contribution is 2.36. The Hall–Kier alpha value is -0.700. The maximum atomic E-state index is 12.1. The first-order valence-electron chi connectivity index (χ1n) is 3.15. The van der Waals surface area contributed by atoms with E-state index in [4.69, 9.17) is 11.6 Å². The van der Waals surface area contributed by atoms with Crippen LogP contribution >= 0.6 is 11.6 Å². The number of rotatable bonds is 1. The molecule has 0 amide bonds. The predicted molar refractivity (Wildman–Crippen MR) is 37.0 cm³/mol. The summed E-state index contributed by atoms with van der Waals surface area (Å²) in [4.78, 5) is 3.54. The van der Waals surface area contributed by atoms with Gasteiger partial charge in [0.25, 0.3) is 6.43 Å². The second-order valence-corrected chi connectivity index (χ2v) is 2.83. The highest BCUT2D eigenvalue weighted by atomic mass is 35.5. The van der Waals surface area contributed by atoms with Crippen LogP contribution in [0.2, 0.25) is 5.15 Å². The monoisotopic (exact) mass is 175 g/mol. The number of pyridine rings is 1. The molecular weight excluding hydrogens is 172 g/mol. The molecule has 0 spiro atoms. The van der Waals surface area contributed by atoms with Gasteiger partial charge in [0.05, 0.1) is 0 Å². The Balaban J connectivity index is 2.50. The third kappa shape index (κ3) is 1.09. The molecule has 0 N–H and O–H groups in total. The predicted octanol–water partition coefficient (Wildman–Crippen LogP) is 2.58. The smallest absolute Gasteiger partial charge is 0.235 e. The van der Waals surface area contributed by atoms with Crippen molar-refractivity contribution in [1.29, 1.82) is 0 Å². The molecule has 0 radical (unpaired) electrons. The van der Waals surface area contributed by atoms with E-state index in [0.717, 1.165) is 5.56 Å². The fraction of sp³-hybridized carbons (Fsp3) is 0.286. The molecule has 1 aliphatic rings. The third-order valence-corrected chi connectivity index (χ3v) is 1.86. The van der Waals surface area contributed by atoms with E-state index in [1.54, 1.807) is 6.07 Å². The van der Waals surface area contributed by atoms with Crippen LogP contribution in [0.15, 0.2) is 6.07 Å². The van der Waals surface area contributed by atoms with Gasteiger partial charge in [-0.25, -0.2) is 13.8 Å². The van der Waals surface area contributed by atoms with Crippen LogP contribution in [0.4, 0.5) is 8.78 Å². The Morgan fingerprint density at radius 2 is 2.27 bits per heavy atom. The number of hydrogen-bond donors (Lipinski definition) is 0. The van der Waals surface area contributed by atoms with Crippen molar-refractivity contribution < 1.29 is 8.78 Å². The molecule has 1 aliphatic carbocycles. The summed E-state index contributed by atoms with van der Waals surface area (Å²) in [5.41, 5.74) is 1.43. The van der Waals surface area contributed by atoms with Crippen LogP contribution in [0, 0.1) is 0 Å². The van der Waals surface area contributed by atoms with Crippen LogP contribution in [0.25, 0.3) is 0 Å². The van der Waals surface area contributed by atoms with Gasteiger partial charge >= 0.3 is 0 Å². The average molecular weight is 176 g/mol. The van der Waals surface area contributed by atoms with Crippen molar-refractivity contribution in [1.82, 2.24) is 4.98 Å². The average Bonchev–Trinajstić information content (AvgIpc) is 2.63. The molecule has 1 nitrogen and oxygen atoms in total. The summed E-state index contributed by atoms with van der Waals surface area (Å²) in [7, 11) is 0. The lowest BCUT2D eigenvalue weighted by Crippen LogP contribution is -1.89. The Morgan fingerprint density at radius 1 is 1.55 bits per heavy atom. The normalized spacial score (nSPS) is 13.5. The van der Waals surface area contributed by atoms with Crippen LogP contribution in [-0.4, -0.2) is 4.98 Å². The van der Waals surface area contributed by atoms with Gasteiger partial charge < -0.3 is 0 Å². The molecule has 0 bridgehead atoms. The molecule has 1 heterocycles. The largest absolute Gasteiger partial charge is 0.280 e. The van der Waals surface area contributed by atoms with Crippen molar-refractivity contribution in [2.45, 2.75) is 12.8 Å². The number of hydrogen-bond acceptors (Lipinski definition) is 1. The van der Waals surface area contributed by atoms with Gasteiger partial charge in [0.1, 0.15) is 10.8 Å². The standard InChI is InChI=1S/C7H4ClF2N/c8-5-2-3-1-4(3)6(11-5)7(9)10/h2,7H,1H2. The first-order valence-corrected chi connectivity index (χ1v) is 3.52. The van der Waals surface area contributed by atoms with Crippen LogP contribution < -0.4 is 0 Å². The van der Waals surface area contributed by atoms with Gasteiger partial charge in [-0.05, 0) is 17.2 Å². The van der Waals surface area contributed by atoms with Crippen molar-refractivity contribution in [3.8, 4) is 0 Å². The number of fused-ring (bicyclic) bond motifs is 1. The fourth-order valence-corrected chi connectivity index (χ4v) is 1.30. The SMILES string of the molecule is FC(F)c1nc(Cl)cc2c1C2. The van der Waals surface area contributed by atoms with Gasteiger partial charge in [0.2, 0.25) is 0 Å². The van der Waals surface area contributed by atoms with Crippen molar-refractivity contribution in [2.24, 2.45) is 0 Å². The van der Waals surface area contributed by atoms with E-state index in [0.29, 0.717) is 12.0 Å². The number of nitrogens with zero attached hydrogens (tertiary/aromatic N) is 1. The van der Waals surface area contributed by atoms with Gasteiger partial charge in [-0.15, -0.1) is 0 Å². The summed E-state index contributed by atoms with van der Waals surface area (Å²) in [6.45, 7) is 0. The first-order chi connectivity index (χ1) is 5.18. The van der Waals surface area contributed by atoms with Gasteiger partial charge in [0.15, 0.2) is 0 Å². The summed E-state index contributed by atoms with van der Waals surface area (Å²) in [5.74, 6) is 0. The zero-order valence-electron chi connectivity index (χ0n) is 5.44. The lowest BCUT2D eigenvalue weighted by molar-refractivity contribution is 0.146. The van der Waals surface area contributed by atoms with E-state index in [1.165, 1.54) is 0 Å². The van der Waals surface area contributed by atoms with Gasteiger partial charge in [0, 0.05) is 6.42 Å². The second kappa shape index (κ2) is 2.14. The fourth-order valence-electron chi connectivity index (χ4n) is 1.08. The lowest BCUT2D eigenvalue weighted by Gasteiger charge is -1.96. The molecule has 11 heavy (non-hydrogen) atoms. The summed E-state index contributed by atoms with van der Waals surface area (Å²) < 4.78 is 24.2. The van der Waals surface area contributed by atoms with Crippen molar-refractivity contribution in [3.05, 3.63) is 28.0 Å². The number of alkyl halides is 2. The maximum absolute atomic E-state index is 12.1. The Kier molecular flexibility index (Phi) is 1.36. The summed E-state index contributed by atoms with van der Waals surface area (Å²) >= 11 is 5.48. The van der Waals surface area contributed by atoms with Gasteiger partial charge in [-0.3, -0.25) is 0 Å². The molecule has 4 heteroatoms. The van der Waals surface area contributed by atoms with Crippen LogP contribution in [-0.2, 0) is 6.42 Å². The lowest BCUT2D eigenvalue weighted by atomic mass is 10.3. The highest BCUT2D eigenvalue weighted by Gasteiger charge is 2.27. The molecule has 0 saturated carbocycles. The second-order valence-electron chi connectivity index (χ2n) is 2.45. The molecule has 0 aliphatic heterocycles. The topological polar surface area (TPSA) is 12.9 Å². The zero-order chi connectivity index (χ0) is 8.01. The van der Waals surface area contributed by atoms with E-state index in [9.17, 15) is 8.78 Å². The van der Waals surface area contributed by atoms with Gasteiger partial charge in [-0.1, -0.05) is 11.6 Å². The molecule has 0 saturated heterocycles. The van der Waals surface area contributed by atoms with E-state index in [2.05, 4.69) is 4.98 Å². The third-order valence-electron chi connectivity index (χ3n) is 1.67. The number of aromatic nitrogens is 1. The molecule has 58 valence electrons. The highest BCUT2D eigenvalue weighted by molar-refractivity contribution is 6.29. The van der Waals surface area contributed by atoms with Crippen LogP contribution in [0.3, 0.4) is 0 Å². The summed E-state index contributed by atoms with van der Waals surface area (Å²) in [6.07, 6.45) is -1.87. The number of halogens is 3. The molecule has 0 aromatic carbocycles. The molecule has 0 fully saturated rings.